The molecule has 29 heavy (non-hydrogen) atoms. The Balaban J connectivity index is 1.47. The van der Waals surface area contributed by atoms with Crippen molar-refractivity contribution in [2.75, 3.05) is 13.1 Å². The van der Waals surface area contributed by atoms with Gasteiger partial charge in [0.05, 0.1) is 4.92 Å². The molecule has 1 heterocycles. The number of rotatable bonds is 7. The Morgan fingerprint density at radius 3 is 2.24 bits per heavy atom. The lowest BCUT2D eigenvalue weighted by atomic mass is 10.2. The number of benzene rings is 2. The van der Waals surface area contributed by atoms with Gasteiger partial charge in [0.2, 0.25) is 5.82 Å². The maximum Gasteiger partial charge on any atom is 0.316 e. The zero-order chi connectivity index (χ0) is 20.8. The van der Waals surface area contributed by atoms with Crippen LogP contribution in [0.15, 0.2) is 53.1 Å². The first-order valence-electron chi connectivity index (χ1n) is 8.34. The third-order valence-electron chi connectivity index (χ3n) is 3.76. The monoisotopic (exact) mass is 399 g/mol. The van der Waals surface area contributed by atoms with Crippen LogP contribution in [-0.4, -0.2) is 40.0 Å². The first-order valence-corrected chi connectivity index (χ1v) is 8.34. The van der Waals surface area contributed by atoms with E-state index in [9.17, 15) is 24.1 Å². The fourth-order valence-electron chi connectivity index (χ4n) is 2.30. The van der Waals surface area contributed by atoms with E-state index < -0.39 is 22.6 Å². The van der Waals surface area contributed by atoms with Crippen LogP contribution in [0.1, 0.15) is 21.0 Å². The lowest BCUT2D eigenvalue weighted by Gasteiger charge is -2.05. The first-order chi connectivity index (χ1) is 13.9. The molecule has 3 aromatic rings. The van der Waals surface area contributed by atoms with Crippen LogP contribution >= 0.6 is 0 Å². The molecule has 0 radical (unpaired) electrons. The summed E-state index contributed by atoms with van der Waals surface area (Å²) in [7, 11) is 0. The standard InChI is InChI=1S/C18H14FN5O5/c19-13-5-1-11(2-6-13)15-22-18(29-23-15)17(26)21-10-9-20-16(25)12-3-7-14(8-4-12)24(27)28/h1-8H,9-10H2,(H,20,25)(H,21,26). The molecule has 3 rings (SSSR count). The molecule has 10 nitrogen and oxygen atoms in total. The van der Waals surface area contributed by atoms with Crippen LogP contribution in [-0.2, 0) is 0 Å². The van der Waals surface area contributed by atoms with Gasteiger partial charge in [-0.25, -0.2) is 4.39 Å². The maximum absolute atomic E-state index is 12.9. The number of aromatic nitrogens is 2. The van der Waals surface area contributed by atoms with E-state index in [0.717, 1.165) is 0 Å². The van der Waals surface area contributed by atoms with Crippen LogP contribution in [0.4, 0.5) is 10.1 Å². The van der Waals surface area contributed by atoms with E-state index in [1.54, 1.807) is 0 Å². The van der Waals surface area contributed by atoms with Crippen molar-refractivity contribution in [3.8, 4) is 11.4 Å². The quantitative estimate of drug-likeness (QED) is 0.351. The first kappa shape index (κ1) is 19.6. The summed E-state index contributed by atoms with van der Waals surface area (Å²) in [5, 5.41) is 19.3. The summed E-state index contributed by atoms with van der Waals surface area (Å²) in [5.74, 6) is -1.61. The summed E-state index contributed by atoms with van der Waals surface area (Å²) < 4.78 is 17.8. The topological polar surface area (TPSA) is 140 Å². The minimum absolute atomic E-state index is 0.0891. The van der Waals surface area contributed by atoms with Gasteiger partial charge in [-0.15, -0.1) is 0 Å². The molecular weight excluding hydrogens is 385 g/mol. The molecule has 0 aliphatic carbocycles. The van der Waals surface area contributed by atoms with E-state index in [0.29, 0.717) is 5.56 Å². The summed E-state index contributed by atoms with van der Waals surface area (Å²) in [4.78, 5) is 38.0. The summed E-state index contributed by atoms with van der Waals surface area (Å²) in [5.41, 5.74) is 0.626. The second-order valence-corrected chi connectivity index (χ2v) is 5.75. The minimum Gasteiger partial charge on any atom is -0.350 e. The fraction of sp³-hybridized carbons (Fsp3) is 0.111. The van der Waals surface area contributed by atoms with Crippen molar-refractivity contribution in [1.82, 2.24) is 20.8 Å². The summed E-state index contributed by atoms with van der Waals surface area (Å²) in [6.45, 7) is 0.201. The number of carbonyl (C=O) groups is 2. The molecule has 0 bridgehead atoms. The van der Waals surface area contributed by atoms with Crippen LogP contribution in [0, 0.1) is 15.9 Å². The van der Waals surface area contributed by atoms with Gasteiger partial charge in [0.25, 0.3) is 11.6 Å². The fourth-order valence-corrected chi connectivity index (χ4v) is 2.30. The van der Waals surface area contributed by atoms with Crippen molar-refractivity contribution in [1.29, 1.82) is 0 Å². The molecular formula is C18H14FN5O5. The second kappa shape index (κ2) is 8.69. The largest absolute Gasteiger partial charge is 0.350 e. The van der Waals surface area contributed by atoms with Gasteiger partial charge in [-0.2, -0.15) is 4.98 Å². The zero-order valence-electron chi connectivity index (χ0n) is 14.8. The number of halogens is 1. The van der Waals surface area contributed by atoms with E-state index in [2.05, 4.69) is 20.8 Å². The van der Waals surface area contributed by atoms with Crippen LogP contribution in [0.3, 0.4) is 0 Å². The summed E-state index contributed by atoms with van der Waals surface area (Å²) in [6.07, 6.45) is 0. The summed E-state index contributed by atoms with van der Waals surface area (Å²) >= 11 is 0. The third-order valence-corrected chi connectivity index (χ3v) is 3.76. The highest BCUT2D eigenvalue weighted by atomic mass is 19.1. The Kier molecular flexibility index (Phi) is 5.88. The highest BCUT2D eigenvalue weighted by molar-refractivity contribution is 5.94. The molecule has 2 amide bonds. The average molecular weight is 399 g/mol. The number of nitro benzene ring substituents is 1. The van der Waals surface area contributed by atoms with Crippen molar-refractivity contribution >= 4 is 17.5 Å². The minimum atomic E-state index is -0.629. The van der Waals surface area contributed by atoms with Gasteiger partial charge < -0.3 is 15.2 Å². The van der Waals surface area contributed by atoms with Gasteiger partial charge in [0, 0.05) is 36.3 Å². The van der Waals surface area contributed by atoms with Gasteiger partial charge in [-0.1, -0.05) is 5.16 Å². The van der Waals surface area contributed by atoms with E-state index in [1.165, 1.54) is 48.5 Å². The van der Waals surface area contributed by atoms with E-state index >= 15 is 0 Å². The number of amides is 2. The highest BCUT2D eigenvalue weighted by Crippen LogP contribution is 2.16. The Hall–Kier alpha value is -4.15. The molecule has 11 heteroatoms. The molecule has 0 saturated heterocycles. The van der Waals surface area contributed by atoms with Gasteiger partial charge in [0.1, 0.15) is 5.82 Å². The molecule has 0 aliphatic rings. The van der Waals surface area contributed by atoms with Crippen molar-refractivity contribution < 1.29 is 23.4 Å². The molecule has 0 atom stereocenters. The Morgan fingerprint density at radius 1 is 1.00 bits per heavy atom. The molecule has 0 fully saturated rings. The van der Waals surface area contributed by atoms with Crippen LogP contribution in [0.25, 0.3) is 11.4 Å². The number of nitrogens with zero attached hydrogens (tertiary/aromatic N) is 3. The lowest BCUT2D eigenvalue weighted by Crippen LogP contribution is -2.34. The zero-order valence-corrected chi connectivity index (χ0v) is 14.8. The van der Waals surface area contributed by atoms with Crippen molar-refractivity contribution in [2.45, 2.75) is 0 Å². The number of nitro groups is 1. The third kappa shape index (κ3) is 4.97. The number of carbonyl (C=O) groups excluding carboxylic acids is 2. The number of non-ortho nitro benzene ring substituents is 1. The lowest BCUT2D eigenvalue weighted by molar-refractivity contribution is -0.384. The second-order valence-electron chi connectivity index (χ2n) is 5.75. The van der Waals surface area contributed by atoms with E-state index in [1.807, 2.05) is 0 Å². The van der Waals surface area contributed by atoms with Gasteiger partial charge in [0.15, 0.2) is 0 Å². The highest BCUT2D eigenvalue weighted by Gasteiger charge is 2.16. The van der Waals surface area contributed by atoms with E-state index in [-0.39, 0.29) is 36.1 Å². The SMILES string of the molecule is O=C(NCCNC(=O)c1nc(-c2ccc(F)cc2)no1)c1ccc([N+](=O)[O-])cc1. The molecule has 0 spiro atoms. The van der Waals surface area contributed by atoms with Gasteiger partial charge in [-0.05, 0) is 36.4 Å². The van der Waals surface area contributed by atoms with Gasteiger partial charge >= 0.3 is 11.8 Å². The van der Waals surface area contributed by atoms with Crippen molar-refractivity contribution in [3.05, 3.63) is 75.9 Å². The van der Waals surface area contributed by atoms with Crippen LogP contribution in [0.5, 0.6) is 0 Å². The normalized spacial score (nSPS) is 10.4. The predicted molar refractivity (Wildman–Crippen MR) is 97.5 cm³/mol. The number of nitrogens with one attached hydrogen (secondary N) is 2. The Bertz CT molecular complexity index is 1030. The average Bonchev–Trinajstić information content (AvgIpc) is 3.22. The molecule has 0 saturated carbocycles. The summed E-state index contributed by atoms with van der Waals surface area (Å²) in [6, 6.07) is 10.5. The molecule has 1 aromatic heterocycles. The number of hydrogen-bond acceptors (Lipinski definition) is 7. The molecule has 148 valence electrons. The van der Waals surface area contributed by atoms with Crippen LogP contribution in [0.2, 0.25) is 0 Å². The molecule has 0 unspecified atom stereocenters. The molecule has 2 N–H and O–H groups in total. The molecule has 0 aliphatic heterocycles. The Labute approximate surface area is 162 Å². The Morgan fingerprint density at radius 2 is 1.62 bits per heavy atom. The smallest absolute Gasteiger partial charge is 0.316 e. The van der Waals surface area contributed by atoms with Crippen molar-refractivity contribution in [3.63, 3.8) is 0 Å². The van der Waals surface area contributed by atoms with E-state index in [4.69, 9.17) is 4.52 Å². The molecule has 2 aromatic carbocycles. The number of hydrogen-bond donors (Lipinski definition) is 2. The predicted octanol–water partition coefficient (Wildman–Crippen LogP) is 1.94. The van der Waals surface area contributed by atoms with Crippen molar-refractivity contribution in [2.24, 2.45) is 0 Å². The van der Waals surface area contributed by atoms with Crippen LogP contribution < -0.4 is 10.6 Å². The van der Waals surface area contributed by atoms with Gasteiger partial charge in [-0.3, -0.25) is 19.7 Å². The maximum atomic E-state index is 12.9.